The monoisotopic (exact) mass is 321 g/mol. The molecule has 110 valence electrons. The van der Waals surface area contributed by atoms with Gasteiger partial charge in [0.05, 0.1) is 13.2 Å². The summed E-state index contributed by atoms with van der Waals surface area (Å²) in [4.78, 5) is 2.15. The fourth-order valence-electron chi connectivity index (χ4n) is 2.17. The number of rotatable bonds is 3. The molecule has 0 spiro atoms. The molecule has 0 bridgehead atoms. The largest absolute Gasteiger partial charge is 0.490 e. The van der Waals surface area contributed by atoms with Crippen LogP contribution in [0.25, 0.3) is 0 Å². The molecule has 1 aliphatic heterocycles. The van der Waals surface area contributed by atoms with Gasteiger partial charge in [-0.2, -0.15) is 0 Å². The first kappa shape index (κ1) is 14.6. The van der Waals surface area contributed by atoms with E-state index in [1.54, 1.807) is 11.8 Å². The van der Waals surface area contributed by atoms with Gasteiger partial charge in [-0.3, -0.25) is 0 Å². The Hall–Kier alpha value is -1.36. The predicted octanol–water partition coefficient (Wildman–Crippen LogP) is 4.11. The minimum absolute atomic E-state index is 0.423. The normalized spacial score (nSPS) is 13.8. The van der Waals surface area contributed by atoms with Crippen molar-refractivity contribution in [2.75, 3.05) is 13.2 Å². The van der Waals surface area contributed by atoms with Crippen molar-refractivity contribution in [1.82, 2.24) is 0 Å². The highest BCUT2D eigenvalue weighted by Crippen LogP contribution is 2.38. The predicted molar refractivity (Wildman–Crippen MR) is 85.5 cm³/mol. The van der Waals surface area contributed by atoms with Crippen molar-refractivity contribution in [2.24, 2.45) is 5.73 Å². The summed E-state index contributed by atoms with van der Waals surface area (Å²) in [7, 11) is 0. The van der Waals surface area contributed by atoms with Crippen LogP contribution in [0.15, 0.2) is 46.2 Å². The lowest BCUT2D eigenvalue weighted by Crippen LogP contribution is -1.99. The molecular weight excluding hydrogens is 306 g/mol. The van der Waals surface area contributed by atoms with Crippen LogP contribution in [0.2, 0.25) is 5.02 Å². The number of nitrogens with two attached hydrogens (primary N) is 1. The van der Waals surface area contributed by atoms with Gasteiger partial charge >= 0.3 is 0 Å². The highest BCUT2D eigenvalue weighted by molar-refractivity contribution is 7.99. The van der Waals surface area contributed by atoms with Gasteiger partial charge in [-0.1, -0.05) is 29.4 Å². The molecule has 2 N–H and O–H groups in total. The highest BCUT2D eigenvalue weighted by atomic mass is 35.5. The molecule has 0 fully saturated rings. The maximum Gasteiger partial charge on any atom is 0.162 e. The minimum atomic E-state index is 0.423. The fraction of sp³-hybridized carbons (Fsp3) is 0.250. The van der Waals surface area contributed by atoms with E-state index in [2.05, 4.69) is 0 Å². The number of benzene rings is 2. The van der Waals surface area contributed by atoms with Crippen LogP contribution in [0.1, 0.15) is 12.0 Å². The second-order valence-electron chi connectivity index (χ2n) is 4.68. The third-order valence-corrected chi connectivity index (χ3v) is 4.67. The highest BCUT2D eigenvalue weighted by Gasteiger charge is 2.12. The second kappa shape index (κ2) is 6.60. The first-order chi connectivity index (χ1) is 10.3. The molecule has 21 heavy (non-hydrogen) atoms. The van der Waals surface area contributed by atoms with Gasteiger partial charge in [-0.05, 0) is 35.9 Å². The van der Waals surface area contributed by atoms with Crippen LogP contribution in [-0.2, 0) is 6.54 Å². The Bertz CT molecular complexity index is 648. The second-order valence-corrected chi connectivity index (χ2v) is 6.20. The maximum absolute atomic E-state index is 6.19. The van der Waals surface area contributed by atoms with Gasteiger partial charge in [0.15, 0.2) is 11.5 Å². The lowest BCUT2D eigenvalue weighted by molar-refractivity contribution is 0.297. The summed E-state index contributed by atoms with van der Waals surface area (Å²) >= 11 is 7.83. The summed E-state index contributed by atoms with van der Waals surface area (Å²) in [6.07, 6.45) is 0.906. The molecule has 0 saturated heterocycles. The number of ether oxygens (including phenoxy) is 2. The van der Waals surface area contributed by atoms with Crippen LogP contribution in [0.5, 0.6) is 11.5 Å². The Labute approximate surface area is 133 Å². The topological polar surface area (TPSA) is 44.5 Å². The quantitative estimate of drug-likeness (QED) is 0.924. The van der Waals surface area contributed by atoms with Gasteiger partial charge in [0.2, 0.25) is 0 Å². The molecule has 0 saturated carbocycles. The van der Waals surface area contributed by atoms with Gasteiger partial charge in [0.1, 0.15) is 0 Å². The van der Waals surface area contributed by atoms with Crippen molar-refractivity contribution in [3.63, 3.8) is 0 Å². The number of hydrogen-bond acceptors (Lipinski definition) is 4. The van der Waals surface area contributed by atoms with E-state index in [-0.39, 0.29) is 0 Å². The fourth-order valence-corrected chi connectivity index (χ4v) is 3.49. The minimum Gasteiger partial charge on any atom is -0.490 e. The van der Waals surface area contributed by atoms with E-state index in [4.69, 9.17) is 26.8 Å². The summed E-state index contributed by atoms with van der Waals surface area (Å²) in [6.45, 7) is 1.81. The molecule has 0 atom stereocenters. The summed E-state index contributed by atoms with van der Waals surface area (Å²) in [5.41, 5.74) is 6.76. The van der Waals surface area contributed by atoms with Crippen molar-refractivity contribution in [2.45, 2.75) is 22.8 Å². The molecular formula is C16H16ClNO2S. The molecule has 3 rings (SSSR count). The molecule has 0 aromatic heterocycles. The van der Waals surface area contributed by atoms with E-state index < -0.39 is 0 Å². The van der Waals surface area contributed by atoms with Crippen molar-refractivity contribution in [3.05, 3.63) is 47.0 Å². The lowest BCUT2D eigenvalue weighted by atomic mass is 10.2. The van der Waals surface area contributed by atoms with Gasteiger partial charge in [-0.15, -0.1) is 0 Å². The molecule has 3 nitrogen and oxygen atoms in total. The van der Waals surface area contributed by atoms with E-state index in [0.29, 0.717) is 24.8 Å². The SMILES string of the molecule is NCc1c(Cl)cccc1Sc1ccc2c(c1)OCCCO2. The first-order valence-electron chi connectivity index (χ1n) is 6.83. The van der Waals surface area contributed by atoms with Crippen molar-refractivity contribution in [3.8, 4) is 11.5 Å². The zero-order valence-electron chi connectivity index (χ0n) is 11.5. The van der Waals surface area contributed by atoms with E-state index in [1.165, 1.54) is 0 Å². The number of hydrogen-bond donors (Lipinski definition) is 1. The van der Waals surface area contributed by atoms with Crippen molar-refractivity contribution < 1.29 is 9.47 Å². The summed E-state index contributed by atoms with van der Waals surface area (Å²) in [5.74, 6) is 1.61. The molecule has 0 radical (unpaired) electrons. The molecule has 5 heteroatoms. The van der Waals surface area contributed by atoms with Gasteiger partial charge < -0.3 is 15.2 Å². The van der Waals surface area contributed by atoms with Crippen LogP contribution in [-0.4, -0.2) is 13.2 Å². The van der Waals surface area contributed by atoms with Gasteiger partial charge in [0.25, 0.3) is 0 Å². The third-order valence-electron chi connectivity index (χ3n) is 3.23. The van der Waals surface area contributed by atoms with Gasteiger partial charge in [-0.25, -0.2) is 0 Å². The average molecular weight is 322 g/mol. The lowest BCUT2D eigenvalue weighted by Gasteiger charge is -2.11. The van der Waals surface area contributed by atoms with Crippen molar-refractivity contribution >= 4 is 23.4 Å². The van der Waals surface area contributed by atoms with Crippen LogP contribution in [0.4, 0.5) is 0 Å². The van der Waals surface area contributed by atoms with E-state index in [1.807, 2.05) is 36.4 Å². The zero-order valence-corrected chi connectivity index (χ0v) is 13.0. The zero-order chi connectivity index (χ0) is 14.7. The molecule has 0 amide bonds. The van der Waals surface area contributed by atoms with Crippen LogP contribution in [0, 0.1) is 0 Å². The number of fused-ring (bicyclic) bond motifs is 1. The summed E-state index contributed by atoms with van der Waals surface area (Å²) < 4.78 is 11.4. The Morgan fingerprint density at radius 2 is 1.90 bits per heavy atom. The van der Waals surface area contributed by atoms with Gasteiger partial charge in [0, 0.05) is 27.8 Å². The Balaban J connectivity index is 1.89. The summed E-state index contributed by atoms with van der Waals surface area (Å²) in [6, 6.07) is 11.8. The van der Waals surface area contributed by atoms with Crippen LogP contribution < -0.4 is 15.2 Å². The first-order valence-corrected chi connectivity index (χ1v) is 8.02. The van der Waals surface area contributed by atoms with Crippen molar-refractivity contribution in [1.29, 1.82) is 0 Å². The standard InChI is InChI=1S/C16H16ClNO2S/c17-13-3-1-4-16(12(13)10-18)21-11-5-6-14-15(9-11)20-8-2-7-19-14/h1,3-6,9H,2,7-8,10,18H2. The van der Waals surface area contributed by atoms with E-state index in [9.17, 15) is 0 Å². The van der Waals surface area contributed by atoms with Crippen LogP contribution in [0.3, 0.4) is 0 Å². The maximum atomic E-state index is 6.19. The molecule has 2 aromatic rings. The summed E-state index contributed by atoms with van der Waals surface area (Å²) in [5, 5.41) is 0.705. The van der Waals surface area contributed by atoms with Crippen LogP contribution >= 0.6 is 23.4 Å². The van der Waals surface area contributed by atoms with E-state index in [0.717, 1.165) is 33.3 Å². The average Bonchev–Trinajstić information content (AvgIpc) is 2.72. The number of halogens is 1. The van der Waals surface area contributed by atoms with E-state index >= 15 is 0 Å². The molecule has 2 aromatic carbocycles. The third kappa shape index (κ3) is 3.28. The Kier molecular flexibility index (Phi) is 4.58. The molecule has 0 aliphatic carbocycles. The molecule has 1 aliphatic rings. The smallest absolute Gasteiger partial charge is 0.162 e. The Morgan fingerprint density at radius 1 is 1.10 bits per heavy atom. The Morgan fingerprint density at radius 3 is 2.71 bits per heavy atom. The molecule has 1 heterocycles. The molecule has 0 unspecified atom stereocenters.